The van der Waals surface area contributed by atoms with Crippen LogP contribution in [0.2, 0.25) is 0 Å². The van der Waals surface area contributed by atoms with E-state index < -0.39 is 24.5 Å². The number of carbonyl (C=O) groups is 3. The molecule has 0 saturated carbocycles. The largest absolute Gasteiger partial charge is 0.462 e. The number of ether oxygens (including phenoxy) is 2. The van der Waals surface area contributed by atoms with Gasteiger partial charge < -0.3 is 19.8 Å². The van der Waals surface area contributed by atoms with Gasteiger partial charge in [0.1, 0.15) is 5.69 Å². The summed E-state index contributed by atoms with van der Waals surface area (Å²) < 4.78 is 10.2. The average Bonchev–Trinajstić information content (AvgIpc) is 2.99. The number of H-pyrrole nitrogens is 1. The number of nitrogens with one attached hydrogen (secondary N) is 2. The monoisotopic (exact) mass is 400 g/mol. The van der Waals surface area contributed by atoms with Gasteiger partial charge in [-0.1, -0.05) is 36.8 Å². The van der Waals surface area contributed by atoms with Crippen LogP contribution in [0.1, 0.15) is 69.5 Å². The first-order valence-corrected chi connectivity index (χ1v) is 9.67. The van der Waals surface area contributed by atoms with Gasteiger partial charge in [-0.3, -0.25) is 4.79 Å². The van der Waals surface area contributed by atoms with E-state index in [0.29, 0.717) is 23.2 Å². The second-order valence-electron chi connectivity index (χ2n) is 6.86. The fourth-order valence-electron chi connectivity index (χ4n) is 3.12. The predicted molar refractivity (Wildman–Crippen MR) is 109 cm³/mol. The zero-order chi connectivity index (χ0) is 21.6. The first-order valence-electron chi connectivity index (χ1n) is 9.67. The third-order valence-corrected chi connectivity index (χ3v) is 4.68. The molecule has 7 heteroatoms. The first-order chi connectivity index (χ1) is 13.8. The van der Waals surface area contributed by atoms with Crippen LogP contribution in [0.3, 0.4) is 0 Å². The van der Waals surface area contributed by atoms with Crippen molar-refractivity contribution < 1.29 is 23.9 Å². The molecule has 0 aliphatic rings. The molecule has 1 aromatic carbocycles. The van der Waals surface area contributed by atoms with E-state index in [-0.39, 0.29) is 18.3 Å². The van der Waals surface area contributed by atoms with Gasteiger partial charge in [0.2, 0.25) is 0 Å². The van der Waals surface area contributed by atoms with E-state index in [1.807, 2.05) is 38.1 Å². The standard InChI is InChI=1S/C22H28N2O5/c1-6-17(16-10-8-13(3)9-11-16)24-18(25)12-29-22(27)20-14(4)19(15(5)23-20)21(26)28-7-2/h8-11,17,23H,6-7,12H2,1-5H3,(H,24,25)/t17-/m0/s1. The molecule has 1 aromatic heterocycles. The predicted octanol–water partition coefficient (Wildman–Crippen LogP) is 3.54. The van der Waals surface area contributed by atoms with Gasteiger partial charge in [0.25, 0.3) is 5.91 Å². The van der Waals surface area contributed by atoms with Gasteiger partial charge in [-0.25, -0.2) is 9.59 Å². The number of hydrogen-bond acceptors (Lipinski definition) is 5. The summed E-state index contributed by atoms with van der Waals surface area (Å²) in [6, 6.07) is 7.76. The molecule has 0 radical (unpaired) electrons. The van der Waals surface area contributed by atoms with E-state index in [1.165, 1.54) is 0 Å². The van der Waals surface area contributed by atoms with Crippen molar-refractivity contribution in [2.75, 3.05) is 13.2 Å². The van der Waals surface area contributed by atoms with Crippen LogP contribution in [0.15, 0.2) is 24.3 Å². The molecule has 1 atom stereocenters. The highest BCUT2D eigenvalue weighted by atomic mass is 16.5. The van der Waals surface area contributed by atoms with Crippen LogP contribution < -0.4 is 5.32 Å². The molecule has 1 amide bonds. The first kappa shape index (κ1) is 22.2. The number of esters is 2. The minimum absolute atomic E-state index is 0.143. The number of rotatable bonds is 8. The molecule has 0 aliphatic carbocycles. The molecule has 0 aliphatic heterocycles. The molecule has 29 heavy (non-hydrogen) atoms. The molecule has 7 nitrogen and oxygen atoms in total. The zero-order valence-corrected chi connectivity index (χ0v) is 17.5. The van der Waals surface area contributed by atoms with E-state index in [4.69, 9.17) is 9.47 Å². The minimum atomic E-state index is -0.695. The Kier molecular flexibility index (Phi) is 7.59. The SMILES string of the molecule is CCOC(=O)c1c(C)[nH]c(C(=O)OCC(=O)N[C@@H](CC)c2ccc(C)cc2)c1C. The lowest BCUT2D eigenvalue weighted by Gasteiger charge is -2.17. The topological polar surface area (TPSA) is 97.5 Å². The van der Waals surface area contributed by atoms with E-state index in [2.05, 4.69) is 10.3 Å². The molecule has 0 spiro atoms. The maximum atomic E-state index is 12.4. The summed E-state index contributed by atoms with van der Waals surface area (Å²) in [6.45, 7) is 8.82. The second-order valence-corrected chi connectivity index (χ2v) is 6.86. The van der Waals surface area contributed by atoms with Crippen LogP contribution in [0.5, 0.6) is 0 Å². The highest BCUT2D eigenvalue weighted by Gasteiger charge is 2.24. The number of amides is 1. The third kappa shape index (κ3) is 5.47. The Morgan fingerprint density at radius 1 is 1.00 bits per heavy atom. The Labute approximate surface area is 170 Å². The smallest absolute Gasteiger partial charge is 0.355 e. The third-order valence-electron chi connectivity index (χ3n) is 4.68. The van der Waals surface area contributed by atoms with E-state index >= 15 is 0 Å². The van der Waals surface area contributed by atoms with Gasteiger partial charge in [0.15, 0.2) is 6.61 Å². The van der Waals surface area contributed by atoms with Crippen molar-refractivity contribution in [1.82, 2.24) is 10.3 Å². The molecule has 0 fully saturated rings. The van der Waals surface area contributed by atoms with Crippen LogP contribution >= 0.6 is 0 Å². The number of hydrogen-bond donors (Lipinski definition) is 2. The summed E-state index contributed by atoms with van der Waals surface area (Å²) in [6.07, 6.45) is 0.709. The van der Waals surface area contributed by atoms with Crippen molar-refractivity contribution in [1.29, 1.82) is 0 Å². The van der Waals surface area contributed by atoms with Crippen LogP contribution in [-0.4, -0.2) is 36.0 Å². The Bertz CT molecular complexity index is 883. The lowest BCUT2D eigenvalue weighted by molar-refractivity contribution is -0.125. The summed E-state index contributed by atoms with van der Waals surface area (Å²) in [5.74, 6) is -1.59. The van der Waals surface area contributed by atoms with Gasteiger partial charge in [0, 0.05) is 5.69 Å². The molecule has 0 unspecified atom stereocenters. The van der Waals surface area contributed by atoms with E-state index in [0.717, 1.165) is 11.1 Å². The van der Waals surface area contributed by atoms with Crippen LogP contribution in [0.4, 0.5) is 0 Å². The van der Waals surface area contributed by atoms with Crippen molar-refractivity contribution in [2.24, 2.45) is 0 Å². The number of aromatic amines is 1. The molecular weight excluding hydrogens is 372 g/mol. The highest BCUT2D eigenvalue weighted by Crippen LogP contribution is 2.20. The quantitative estimate of drug-likeness (QED) is 0.661. The number of benzene rings is 1. The Morgan fingerprint density at radius 2 is 1.66 bits per heavy atom. The van der Waals surface area contributed by atoms with Crippen LogP contribution in [0, 0.1) is 20.8 Å². The van der Waals surface area contributed by atoms with Gasteiger partial charge in [-0.2, -0.15) is 0 Å². The van der Waals surface area contributed by atoms with Crippen molar-refractivity contribution in [3.63, 3.8) is 0 Å². The molecule has 2 rings (SSSR count). The lowest BCUT2D eigenvalue weighted by Crippen LogP contribution is -2.32. The summed E-state index contributed by atoms with van der Waals surface area (Å²) >= 11 is 0. The summed E-state index contributed by atoms with van der Waals surface area (Å²) in [5.41, 5.74) is 3.55. The molecule has 156 valence electrons. The normalized spacial score (nSPS) is 11.6. The second kappa shape index (κ2) is 9.91. The van der Waals surface area contributed by atoms with Crippen molar-refractivity contribution >= 4 is 17.8 Å². The van der Waals surface area contributed by atoms with Crippen molar-refractivity contribution in [2.45, 2.75) is 47.1 Å². The molecule has 2 aromatic rings. The Balaban J connectivity index is 1.99. The van der Waals surface area contributed by atoms with E-state index in [1.54, 1.807) is 20.8 Å². The zero-order valence-electron chi connectivity index (χ0n) is 17.5. The van der Waals surface area contributed by atoms with Gasteiger partial charge in [-0.05, 0) is 45.2 Å². The Hall–Kier alpha value is -3.09. The molecule has 2 N–H and O–H groups in total. The maximum absolute atomic E-state index is 12.4. The van der Waals surface area contributed by atoms with Crippen LogP contribution in [0.25, 0.3) is 0 Å². The molecule has 0 saturated heterocycles. The number of carbonyl (C=O) groups excluding carboxylic acids is 3. The maximum Gasteiger partial charge on any atom is 0.355 e. The molecule has 1 heterocycles. The minimum Gasteiger partial charge on any atom is -0.462 e. The Morgan fingerprint density at radius 3 is 2.24 bits per heavy atom. The van der Waals surface area contributed by atoms with E-state index in [9.17, 15) is 14.4 Å². The summed E-state index contributed by atoms with van der Waals surface area (Å²) in [4.78, 5) is 39.6. The summed E-state index contributed by atoms with van der Waals surface area (Å²) in [7, 11) is 0. The van der Waals surface area contributed by atoms with Crippen molar-refractivity contribution in [3.8, 4) is 0 Å². The highest BCUT2D eigenvalue weighted by molar-refractivity contribution is 5.99. The van der Waals surface area contributed by atoms with Gasteiger partial charge in [-0.15, -0.1) is 0 Å². The lowest BCUT2D eigenvalue weighted by atomic mass is 10.0. The average molecular weight is 400 g/mol. The van der Waals surface area contributed by atoms with Crippen molar-refractivity contribution in [3.05, 3.63) is 57.9 Å². The van der Waals surface area contributed by atoms with Crippen LogP contribution in [-0.2, 0) is 14.3 Å². The van der Waals surface area contributed by atoms with Gasteiger partial charge in [0.05, 0.1) is 18.2 Å². The molecule has 0 bridgehead atoms. The number of aromatic nitrogens is 1. The fourth-order valence-corrected chi connectivity index (χ4v) is 3.12. The number of aryl methyl sites for hydroxylation is 2. The summed E-state index contributed by atoms with van der Waals surface area (Å²) in [5, 5.41) is 2.87. The molecular formula is C22H28N2O5. The fraction of sp³-hybridized carbons (Fsp3) is 0.409. The van der Waals surface area contributed by atoms with Gasteiger partial charge >= 0.3 is 11.9 Å².